The smallest absolute Gasteiger partial charge is 0.127 e. The molecule has 0 amide bonds. The van der Waals surface area contributed by atoms with Gasteiger partial charge in [0, 0.05) is 6.07 Å². The van der Waals surface area contributed by atoms with Crippen LogP contribution < -0.4 is 10.5 Å². The predicted octanol–water partition coefficient (Wildman–Crippen LogP) is 3.29. The Hall–Kier alpha value is -1.09. The molecule has 1 aromatic rings. The van der Waals surface area contributed by atoms with Crippen molar-refractivity contribution in [2.45, 2.75) is 38.5 Å². The fraction of sp³-hybridized carbons (Fsp3) is 0.600. The molecule has 1 saturated carbocycles. The standard InChI is InChI=1S/C15H22FNO/c16-14-8-13(6-7-17)9-15(10-14)18-11-12-4-2-1-3-5-12/h8-10,12H,1-7,11,17H2. The highest BCUT2D eigenvalue weighted by molar-refractivity contribution is 5.29. The van der Waals surface area contributed by atoms with Crippen molar-refractivity contribution in [2.75, 3.05) is 13.2 Å². The zero-order valence-electron chi connectivity index (χ0n) is 10.8. The van der Waals surface area contributed by atoms with Gasteiger partial charge in [-0.15, -0.1) is 0 Å². The van der Waals surface area contributed by atoms with Gasteiger partial charge in [0.15, 0.2) is 0 Å². The van der Waals surface area contributed by atoms with Gasteiger partial charge in [-0.25, -0.2) is 4.39 Å². The molecule has 0 radical (unpaired) electrons. The van der Waals surface area contributed by atoms with Crippen molar-refractivity contribution in [3.05, 3.63) is 29.6 Å². The van der Waals surface area contributed by atoms with Crippen molar-refractivity contribution in [1.29, 1.82) is 0 Å². The molecule has 2 nitrogen and oxygen atoms in total. The van der Waals surface area contributed by atoms with Gasteiger partial charge in [0.05, 0.1) is 6.61 Å². The number of nitrogens with two attached hydrogens (primary N) is 1. The van der Waals surface area contributed by atoms with E-state index >= 15 is 0 Å². The van der Waals surface area contributed by atoms with Crippen LogP contribution in [0.1, 0.15) is 37.7 Å². The number of rotatable bonds is 5. The van der Waals surface area contributed by atoms with Gasteiger partial charge in [-0.1, -0.05) is 19.3 Å². The van der Waals surface area contributed by atoms with Crippen LogP contribution in [0.5, 0.6) is 5.75 Å². The van der Waals surface area contributed by atoms with E-state index < -0.39 is 0 Å². The summed E-state index contributed by atoms with van der Waals surface area (Å²) in [5.41, 5.74) is 6.40. The van der Waals surface area contributed by atoms with E-state index in [0.717, 1.165) is 5.56 Å². The Morgan fingerprint density at radius 1 is 1.17 bits per heavy atom. The zero-order valence-corrected chi connectivity index (χ0v) is 10.8. The number of benzene rings is 1. The lowest BCUT2D eigenvalue weighted by atomic mass is 9.90. The number of hydrogen-bond acceptors (Lipinski definition) is 2. The summed E-state index contributed by atoms with van der Waals surface area (Å²) in [6.07, 6.45) is 7.12. The predicted molar refractivity (Wildman–Crippen MR) is 71.2 cm³/mol. The summed E-state index contributed by atoms with van der Waals surface area (Å²) in [7, 11) is 0. The van der Waals surface area contributed by atoms with E-state index in [9.17, 15) is 4.39 Å². The summed E-state index contributed by atoms with van der Waals surface area (Å²) < 4.78 is 19.1. The highest BCUT2D eigenvalue weighted by atomic mass is 19.1. The maximum absolute atomic E-state index is 13.4. The molecule has 2 rings (SSSR count). The number of ether oxygens (including phenoxy) is 1. The molecule has 2 N–H and O–H groups in total. The first-order valence-electron chi connectivity index (χ1n) is 6.90. The molecule has 0 bridgehead atoms. The molecular weight excluding hydrogens is 229 g/mol. The molecule has 3 heteroatoms. The highest BCUT2D eigenvalue weighted by Crippen LogP contribution is 2.25. The Morgan fingerprint density at radius 3 is 2.67 bits per heavy atom. The first kappa shape index (κ1) is 13.3. The van der Waals surface area contributed by atoms with E-state index in [1.54, 1.807) is 0 Å². The van der Waals surface area contributed by atoms with Crippen LogP contribution in [0.2, 0.25) is 0 Å². The second kappa shape index (κ2) is 6.74. The van der Waals surface area contributed by atoms with Gasteiger partial charge in [-0.05, 0) is 49.4 Å². The minimum Gasteiger partial charge on any atom is -0.493 e. The van der Waals surface area contributed by atoms with E-state index in [1.807, 2.05) is 6.07 Å². The highest BCUT2D eigenvalue weighted by Gasteiger charge is 2.14. The third-order valence-corrected chi connectivity index (χ3v) is 3.57. The van der Waals surface area contributed by atoms with Gasteiger partial charge in [-0.3, -0.25) is 0 Å². The van der Waals surface area contributed by atoms with E-state index in [4.69, 9.17) is 10.5 Å². The topological polar surface area (TPSA) is 35.2 Å². The summed E-state index contributed by atoms with van der Waals surface area (Å²) in [5.74, 6) is 1.04. The van der Waals surface area contributed by atoms with Crippen LogP contribution in [-0.4, -0.2) is 13.2 Å². The molecule has 0 atom stereocenters. The molecule has 1 fully saturated rings. The molecule has 0 spiro atoms. The zero-order chi connectivity index (χ0) is 12.8. The Labute approximate surface area is 108 Å². The van der Waals surface area contributed by atoms with Crippen LogP contribution >= 0.6 is 0 Å². The Kier molecular flexibility index (Phi) is 5.00. The second-order valence-electron chi connectivity index (χ2n) is 5.15. The quantitative estimate of drug-likeness (QED) is 0.871. The summed E-state index contributed by atoms with van der Waals surface area (Å²) >= 11 is 0. The van der Waals surface area contributed by atoms with Crippen LogP contribution in [0.25, 0.3) is 0 Å². The lowest BCUT2D eigenvalue weighted by Crippen LogP contribution is -2.15. The molecule has 100 valence electrons. The Bertz CT molecular complexity index is 375. The fourth-order valence-electron chi connectivity index (χ4n) is 2.58. The molecule has 0 aromatic heterocycles. The third kappa shape index (κ3) is 3.98. The van der Waals surface area contributed by atoms with Gasteiger partial charge >= 0.3 is 0 Å². The second-order valence-corrected chi connectivity index (χ2v) is 5.15. The first-order valence-corrected chi connectivity index (χ1v) is 6.90. The van der Waals surface area contributed by atoms with Crippen LogP contribution in [0, 0.1) is 11.7 Å². The number of halogens is 1. The lowest BCUT2D eigenvalue weighted by Gasteiger charge is -2.21. The van der Waals surface area contributed by atoms with Crippen molar-refractivity contribution in [2.24, 2.45) is 11.7 Å². The Morgan fingerprint density at radius 2 is 1.94 bits per heavy atom. The molecule has 18 heavy (non-hydrogen) atoms. The van der Waals surface area contributed by atoms with Crippen LogP contribution in [0.15, 0.2) is 18.2 Å². The molecule has 0 unspecified atom stereocenters. The van der Waals surface area contributed by atoms with E-state index in [0.29, 0.717) is 31.2 Å². The monoisotopic (exact) mass is 251 g/mol. The van der Waals surface area contributed by atoms with Crippen LogP contribution in [-0.2, 0) is 6.42 Å². The summed E-state index contributed by atoms with van der Waals surface area (Å²) in [4.78, 5) is 0. The molecule has 1 aliphatic rings. The summed E-state index contributed by atoms with van der Waals surface area (Å²) in [5, 5.41) is 0. The van der Waals surface area contributed by atoms with Crippen molar-refractivity contribution in [3.63, 3.8) is 0 Å². The van der Waals surface area contributed by atoms with E-state index in [2.05, 4.69) is 0 Å². The molecular formula is C15H22FNO. The van der Waals surface area contributed by atoms with E-state index in [1.165, 1.54) is 44.2 Å². The van der Waals surface area contributed by atoms with Gasteiger partial charge in [0.25, 0.3) is 0 Å². The van der Waals surface area contributed by atoms with Crippen molar-refractivity contribution >= 4 is 0 Å². The van der Waals surface area contributed by atoms with Gasteiger partial charge < -0.3 is 10.5 Å². The number of hydrogen-bond donors (Lipinski definition) is 1. The molecule has 1 aliphatic carbocycles. The molecule has 0 heterocycles. The molecule has 0 saturated heterocycles. The maximum Gasteiger partial charge on any atom is 0.127 e. The van der Waals surface area contributed by atoms with Crippen LogP contribution in [0.3, 0.4) is 0 Å². The SMILES string of the molecule is NCCc1cc(F)cc(OCC2CCCCC2)c1. The average molecular weight is 251 g/mol. The van der Waals surface area contributed by atoms with Gasteiger partial charge in [0.1, 0.15) is 11.6 Å². The molecule has 0 aliphatic heterocycles. The van der Waals surface area contributed by atoms with Gasteiger partial charge in [-0.2, -0.15) is 0 Å². The largest absolute Gasteiger partial charge is 0.493 e. The minimum atomic E-state index is -0.236. The Balaban J connectivity index is 1.91. The normalized spacial score (nSPS) is 16.8. The van der Waals surface area contributed by atoms with Crippen molar-refractivity contribution < 1.29 is 9.13 Å². The average Bonchev–Trinajstić information content (AvgIpc) is 2.37. The van der Waals surface area contributed by atoms with Crippen molar-refractivity contribution in [3.8, 4) is 5.75 Å². The van der Waals surface area contributed by atoms with Crippen molar-refractivity contribution in [1.82, 2.24) is 0 Å². The first-order chi connectivity index (χ1) is 8.78. The lowest BCUT2D eigenvalue weighted by molar-refractivity contribution is 0.208. The minimum absolute atomic E-state index is 0.236. The fourth-order valence-corrected chi connectivity index (χ4v) is 2.58. The summed E-state index contributed by atoms with van der Waals surface area (Å²) in [6, 6.07) is 4.89. The molecule has 1 aromatic carbocycles. The summed E-state index contributed by atoms with van der Waals surface area (Å²) in [6.45, 7) is 1.25. The van der Waals surface area contributed by atoms with E-state index in [-0.39, 0.29) is 5.82 Å². The third-order valence-electron chi connectivity index (χ3n) is 3.57. The van der Waals surface area contributed by atoms with Gasteiger partial charge in [0.2, 0.25) is 0 Å². The maximum atomic E-state index is 13.4. The van der Waals surface area contributed by atoms with Crippen LogP contribution in [0.4, 0.5) is 4.39 Å².